The average molecular weight is 264 g/mol. The van der Waals surface area contributed by atoms with Crippen molar-refractivity contribution < 1.29 is 19.3 Å². The number of hydrogen-bond acceptors (Lipinski definition) is 4. The first-order chi connectivity index (χ1) is 9.26. The first kappa shape index (κ1) is 12.9. The monoisotopic (exact) mass is 264 g/mol. The molecular formula is C15H20O4. The highest BCUT2D eigenvalue weighted by molar-refractivity contribution is 5.38. The zero-order valence-corrected chi connectivity index (χ0v) is 11.2. The van der Waals surface area contributed by atoms with Crippen LogP contribution in [-0.4, -0.2) is 44.7 Å². The molecule has 1 aromatic rings. The lowest BCUT2D eigenvalue weighted by Gasteiger charge is -2.58. The van der Waals surface area contributed by atoms with E-state index >= 15 is 0 Å². The van der Waals surface area contributed by atoms with Crippen LogP contribution in [0.15, 0.2) is 24.3 Å². The van der Waals surface area contributed by atoms with E-state index in [1.165, 1.54) is 5.56 Å². The van der Waals surface area contributed by atoms with E-state index in [1.54, 1.807) is 0 Å². The number of hydrogen-bond donors (Lipinski definition) is 1. The highest BCUT2D eigenvalue weighted by Crippen LogP contribution is 2.51. The first-order valence-electron chi connectivity index (χ1n) is 6.76. The molecule has 2 saturated heterocycles. The van der Waals surface area contributed by atoms with Crippen molar-refractivity contribution in [2.24, 2.45) is 5.41 Å². The van der Waals surface area contributed by atoms with Crippen molar-refractivity contribution in [3.63, 3.8) is 0 Å². The summed E-state index contributed by atoms with van der Waals surface area (Å²) in [5.41, 5.74) is 0.852. The molecular weight excluding hydrogens is 244 g/mol. The molecule has 2 aliphatic heterocycles. The molecule has 104 valence electrons. The van der Waals surface area contributed by atoms with Crippen molar-refractivity contribution in [3.05, 3.63) is 29.8 Å². The summed E-state index contributed by atoms with van der Waals surface area (Å²) in [6.07, 6.45) is 0. The topological polar surface area (TPSA) is 47.9 Å². The molecule has 0 spiro atoms. The molecule has 0 aromatic heterocycles. The molecule has 0 atom stereocenters. The summed E-state index contributed by atoms with van der Waals surface area (Å²) in [4.78, 5) is 0. The summed E-state index contributed by atoms with van der Waals surface area (Å²) < 4.78 is 16.4. The van der Waals surface area contributed by atoms with Gasteiger partial charge in [0.2, 0.25) is 0 Å². The molecule has 4 heteroatoms. The highest BCUT2D eigenvalue weighted by atomic mass is 16.5. The van der Waals surface area contributed by atoms with Crippen molar-refractivity contribution >= 4 is 0 Å². The fourth-order valence-electron chi connectivity index (χ4n) is 3.00. The number of ether oxygens (including phenoxy) is 3. The van der Waals surface area contributed by atoms with Gasteiger partial charge in [0.25, 0.3) is 0 Å². The second kappa shape index (κ2) is 4.78. The van der Waals surface area contributed by atoms with E-state index in [1.807, 2.05) is 19.1 Å². The van der Waals surface area contributed by atoms with E-state index in [2.05, 4.69) is 12.1 Å². The first-order valence-corrected chi connectivity index (χ1v) is 6.76. The van der Waals surface area contributed by atoms with Gasteiger partial charge in [-0.05, 0) is 24.6 Å². The third-order valence-corrected chi connectivity index (χ3v) is 4.47. The summed E-state index contributed by atoms with van der Waals surface area (Å²) in [6.45, 7) is 5.26. The maximum atomic E-state index is 9.80. The van der Waals surface area contributed by atoms with Crippen molar-refractivity contribution in [2.75, 3.05) is 39.6 Å². The zero-order chi connectivity index (χ0) is 13.3. The Morgan fingerprint density at radius 1 is 1.21 bits per heavy atom. The summed E-state index contributed by atoms with van der Waals surface area (Å²) in [5.74, 6) is 0.875. The van der Waals surface area contributed by atoms with Gasteiger partial charge in [-0.25, -0.2) is 0 Å². The van der Waals surface area contributed by atoms with E-state index < -0.39 is 0 Å². The van der Waals surface area contributed by atoms with Crippen molar-refractivity contribution in [3.8, 4) is 5.75 Å². The van der Waals surface area contributed by atoms with Crippen LogP contribution in [0, 0.1) is 5.41 Å². The van der Waals surface area contributed by atoms with E-state index in [0.29, 0.717) is 33.0 Å². The zero-order valence-electron chi connectivity index (χ0n) is 11.2. The predicted molar refractivity (Wildman–Crippen MR) is 70.4 cm³/mol. The van der Waals surface area contributed by atoms with Crippen LogP contribution in [0.4, 0.5) is 0 Å². The normalized spacial score (nSPS) is 23.3. The Hall–Kier alpha value is -1.10. The van der Waals surface area contributed by atoms with Gasteiger partial charge in [-0.2, -0.15) is 0 Å². The van der Waals surface area contributed by atoms with Gasteiger partial charge >= 0.3 is 0 Å². The number of aliphatic hydroxyl groups is 1. The minimum atomic E-state index is -0.198. The molecule has 0 aliphatic carbocycles. The molecule has 0 unspecified atom stereocenters. The second-order valence-electron chi connectivity index (χ2n) is 5.47. The minimum Gasteiger partial charge on any atom is -0.494 e. The van der Waals surface area contributed by atoms with E-state index in [9.17, 15) is 5.11 Å². The van der Waals surface area contributed by atoms with Gasteiger partial charge in [0, 0.05) is 0 Å². The molecule has 19 heavy (non-hydrogen) atoms. The Morgan fingerprint density at radius 2 is 1.95 bits per heavy atom. The molecule has 1 N–H and O–H groups in total. The highest BCUT2D eigenvalue weighted by Gasteiger charge is 2.60. The Kier molecular flexibility index (Phi) is 3.25. The van der Waals surface area contributed by atoms with Crippen molar-refractivity contribution in [2.45, 2.75) is 12.3 Å². The van der Waals surface area contributed by atoms with Gasteiger partial charge in [-0.15, -0.1) is 0 Å². The van der Waals surface area contributed by atoms with Crippen LogP contribution in [0.2, 0.25) is 0 Å². The standard InChI is InChI=1S/C15H20O4/c1-2-19-13-5-3-4-12(6-13)15(10-18-11-15)14(7-16)8-17-9-14/h3-6,16H,2,7-11H2,1H3. The van der Waals surface area contributed by atoms with Gasteiger partial charge < -0.3 is 19.3 Å². The van der Waals surface area contributed by atoms with E-state index in [0.717, 1.165) is 5.75 Å². The molecule has 2 heterocycles. The maximum Gasteiger partial charge on any atom is 0.119 e. The number of benzene rings is 1. The molecule has 0 radical (unpaired) electrons. The van der Waals surface area contributed by atoms with Crippen LogP contribution in [0.25, 0.3) is 0 Å². The van der Waals surface area contributed by atoms with Crippen LogP contribution >= 0.6 is 0 Å². The lowest BCUT2D eigenvalue weighted by molar-refractivity contribution is -0.242. The smallest absolute Gasteiger partial charge is 0.119 e. The van der Waals surface area contributed by atoms with Gasteiger partial charge in [0.15, 0.2) is 0 Å². The van der Waals surface area contributed by atoms with Crippen LogP contribution in [0.5, 0.6) is 5.75 Å². The van der Waals surface area contributed by atoms with Gasteiger partial charge in [0.05, 0.1) is 50.5 Å². The molecule has 0 saturated carbocycles. The Bertz CT molecular complexity index is 444. The predicted octanol–water partition coefficient (Wildman–Crippen LogP) is 1.36. The van der Waals surface area contributed by atoms with Gasteiger partial charge in [-0.3, -0.25) is 0 Å². The Labute approximate surface area is 113 Å². The van der Waals surface area contributed by atoms with E-state index in [-0.39, 0.29) is 17.4 Å². The Balaban J connectivity index is 1.95. The molecule has 2 fully saturated rings. The van der Waals surface area contributed by atoms with E-state index in [4.69, 9.17) is 14.2 Å². The lowest BCUT2D eigenvalue weighted by Crippen LogP contribution is -2.68. The summed E-state index contributed by atoms with van der Waals surface area (Å²) in [7, 11) is 0. The Morgan fingerprint density at radius 3 is 2.42 bits per heavy atom. The second-order valence-corrected chi connectivity index (χ2v) is 5.47. The van der Waals surface area contributed by atoms with Crippen LogP contribution in [-0.2, 0) is 14.9 Å². The number of aliphatic hydroxyl groups excluding tert-OH is 1. The molecule has 0 amide bonds. The summed E-state index contributed by atoms with van der Waals surface area (Å²) in [5, 5.41) is 9.80. The maximum absolute atomic E-state index is 9.80. The third kappa shape index (κ3) is 1.78. The van der Waals surface area contributed by atoms with Crippen molar-refractivity contribution in [1.29, 1.82) is 0 Å². The molecule has 1 aromatic carbocycles. The van der Waals surface area contributed by atoms with Gasteiger partial charge in [0.1, 0.15) is 5.75 Å². The van der Waals surface area contributed by atoms with Crippen molar-refractivity contribution in [1.82, 2.24) is 0 Å². The quantitative estimate of drug-likeness (QED) is 0.872. The SMILES string of the molecule is CCOc1cccc(C2(C3(CO)COC3)COC2)c1. The fourth-order valence-corrected chi connectivity index (χ4v) is 3.00. The molecule has 4 nitrogen and oxygen atoms in total. The van der Waals surface area contributed by atoms with Crippen LogP contribution < -0.4 is 4.74 Å². The third-order valence-electron chi connectivity index (χ3n) is 4.47. The molecule has 3 rings (SSSR count). The summed E-state index contributed by atoms with van der Waals surface area (Å²) in [6, 6.07) is 8.14. The lowest BCUT2D eigenvalue weighted by atomic mass is 9.57. The van der Waals surface area contributed by atoms with Crippen LogP contribution in [0.3, 0.4) is 0 Å². The van der Waals surface area contributed by atoms with Crippen LogP contribution in [0.1, 0.15) is 12.5 Å². The average Bonchev–Trinajstić information content (AvgIpc) is 2.32. The van der Waals surface area contributed by atoms with Gasteiger partial charge in [-0.1, -0.05) is 12.1 Å². The fraction of sp³-hybridized carbons (Fsp3) is 0.600. The molecule has 2 aliphatic rings. The minimum absolute atomic E-state index is 0.132. The largest absolute Gasteiger partial charge is 0.494 e. The number of rotatable bonds is 5. The summed E-state index contributed by atoms with van der Waals surface area (Å²) >= 11 is 0. The molecule has 0 bridgehead atoms.